The summed E-state index contributed by atoms with van der Waals surface area (Å²) in [4.78, 5) is 0. The molecule has 0 aromatic rings. The molecule has 1 radical (unpaired) electrons. The van der Waals surface area contributed by atoms with Crippen molar-refractivity contribution in [3.05, 3.63) is 7.43 Å². The van der Waals surface area contributed by atoms with Crippen molar-refractivity contribution in [2.24, 2.45) is 0 Å². The van der Waals surface area contributed by atoms with Crippen LogP contribution in [0.25, 0.3) is 0 Å². The molecule has 0 aromatic heterocycles. The normalized spacial score (nSPS) is 5.12. The van der Waals surface area contributed by atoms with Crippen molar-refractivity contribution < 1.29 is 0 Å². The highest BCUT2D eigenvalue weighted by Gasteiger charge is 1.94. The lowest BCUT2D eigenvalue weighted by molar-refractivity contribution is 2.34. The van der Waals surface area contributed by atoms with E-state index in [4.69, 9.17) is 20.1 Å². The van der Waals surface area contributed by atoms with E-state index >= 15 is 0 Å². The fraction of sp³-hybridized carbons (Fsp3) is 0.500. The molecule has 0 spiro atoms. The minimum atomic E-state index is -1.19. The molecule has 0 saturated carbocycles. The monoisotopic (exact) mass is 313 g/mol. The van der Waals surface area contributed by atoms with E-state index in [2.05, 4.69) is 28.1 Å². The third-order valence-corrected chi connectivity index (χ3v) is 0. The molecule has 0 unspecified atom stereocenters. The molecule has 0 atom stereocenters. The van der Waals surface area contributed by atoms with Gasteiger partial charge in [-0.15, -0.1) is 0 Å². The molecule has 0 heterocycles. The Hall–Kier alpha value is 2.60. The predicted molar refractivity (Wildman–Crippen MR) is 54.7 cm³/mol. The zero-order valence-corrected chi connectivity index (χ0v) is 12.0. The van der Waals surface area contributed by atoms with Gasteiger partial charge in [0.05, 0.1) is 0 Å². The summed E-state index contributed by atoms with van der Waals surface area (Å²) >= 11 is 5.25. The molecule has 0 N–H and O–H groups in total. The zero-order chi connectivity index (χ0) is 6.28. The third kappa shape index (κ3) is 73.3. The Kier molecular flexibility index (Phi) is 34.5. The molecule has 0 rings (SSSR count). The average molecular weight is 316 g/mol. The van der Waals surface area contributed by atoms with E-state index in [0.29, 0.717) is 0 Å². The first-order valence-corrected chi connectivity index (χ1v) is 14.0. The third-order valence-electron chi connectivity index (χ3n) is 0. The van der Waals surface area contributed by atoms with Crippen LogP contribution in [0.4, 0.5) is 0 Å². The smallest absolute Gasteiger partial charge is 0.234 e. The van der Waals surface area contributed by atoms with Gasteiger partial charge in [-0.05, 0) is 0 Å². The van der Waals surface area contributed by atoms with Gasteiger partial charge in [-0.2, -0.15) is 0 Å². The molecule has 8 heavy (non-hydrogen) atoms. The number of hydrogen-bond acceptors (Lipinski definition) is 0. The second-order valence-corrected chi connectivity index (χ2v) is 14.3. The lowest BCUT2D eigenvalue weighted by Gasteiger charge is -1.60. The summed E-state index contributed by atoms with van der Waals surface area (Å²) in [6, 6.07) is 0. The lowest BCUT2D eigenvalue weighted by Crippen LogP contribution is -1.72. The maximum Gasteiger partial charge on any atom is 0.516 e. The van der Waals surface area contributed by atoms with E-state index in [-0.39, 0.29) is 19.0 Å². The Morgan fingerprint density at radius 1 is 1.38 bits per heavy atom. The first-order valence-electron chi connectivity index (χ1n) is 1.55. The Morgan fingerprint density at radius 3 is 1.38 bits per heavy atom. The van der Waals surface area contributed by atoms with Gasteiger partial charge in [0.1, 0.15) is 0 Å². The van der Waals surface area contributed by atoms with E-state index in [1.807, 2.05) is 5.79 Å². The SMILES string of the molecule is [Br][AlH][Br].[CH3].[CH3][Al]([Cl])[Cl]. The summed E-state index contributed by atoms with van der Waals surface area (Å²) in [6.45, 7) is 0. The van der Waals surface area contributed by atoms with Crippen LogP contribution in [0, 0.1) is 7.43 Å². The fourth-order valence-corrected chi connectivity index (χ4v) is 0. The molecule has 0 nitrogen and oxygen atoms in total. The Balaban J connectivity index is -0.0000000575. The molecule has 0 amide bonds. The zero-order valence-electron chi connectivity index (χ0n) is 4.80. The van der Waals surface area contributed by atoms with Gasteiger partial charge >= 0.3 is 23.9 Å². The molecular formula is C2H7Al2Br2Cl2. The molecule has 0 aliphatic rings. The molecule has 0 aliphatic carbocycles. The minimum absolute atomic E-state index is 0. The molecule has 0 saturated heterocycles. The second-order valence-electron chi connectivity index (χ2n) is 0.620. The highest BCUT2D eigenvalue weighted by molar-refractivity contribution is 9.47. The quantitative estimate of drug-likeness (QED) is 0.603. The molecule has 49 valence electrons. The van der Waals surface area contributed by atoms with Crippen LogP contribution in [-0.2, 0) is 0 Å². The van der Waals surface area contributed by atoms with Crippen LogP contribution in [0.3, 0.4) is 0 Å². The summed E-state index contributed by atoms with van der Waals surface area (Å²) in [5.41, 5.74) is 0. The van der Waals surface area contributed by atoms with Gasteiger partial charge < -0.3 is 0 Å². The first kappa shape index (κ1) is 16.9. The van der Waals surface area contributed by atoms with E-state index < -0.39 is 12.3 Å². The largest absolute Gasteiger partial charge is 0.516 e. The summed E-state index contributed by atoms with van der Waals surface area (Å²) < 4.78 is 0. The van der Waals surface area contributed by atoms with Crippen LogP contribution < -0.4 is 0 Å². The van der Waals surface area contributed by atoms with Crippen LogP contribution in [0.15, 0.2) is 0 Å². The van der Waals surface area contributed by atoms with E-state index in [0.717, 1.165) is 0 Å². The first-order chi connectivity index (χ1) is 3.15. The van der Waals surface area contributed by atoms with Crippen molar-refractivity contribution in [3.8, 4) is 0 Å². The van der Waals surface area contributed by atoms with Crippen molar-refractivity contribution in [2.45, 2.75) is 5.79 Å². The maximum absolute atomic E-state index is 5.18. The summed E-state index contributed by atoms with van der Waals surface area (Å²) in [5.74, 6) is 1.84. The Bertz CT molecular complexity index is 27.2. The van der Waals surface area contributed by atoms with Gasteiger partial charge in [0, 0.05) is 0 Å². The molecule has 0 fully saturated rings. The van der Waals surface area contributed by atoms with Crippen molar-refractivity contribution in [1.29, 1.82) is 0 Å². The van der Waals surface area contributed by atoms with Crippen LogP contribution in [0.2, 0.25) is 5.79 Å². The van der Waals surface area contributed by atoms with Crippen LogP contribution in [-0.4, -0.2) is 23.9 Å². The highest BCUT2D eigenvalue weighted by atomic mass is 79.9. The molecular weight excluding hydrogens is 309 g/mol. The van der Waals surface area contributed by atoms with Gasteiger partial charge in [0.2, 0.25) is 0 Å². The lowest BCUT2D eigenvalue weighted by atomic mass is 11.9. The van der Waals surface area contributed by atoms with Crippen LogP contribution >= 0.6 is 48.2 Å². The Morgan fingerprint density at radius 2 is 1.38 bits per heavy atom. The van der Waals surface area contributed by atoms with Crippen molar-refractivity contribution in [2.75, 3.05) is 0 Å². The Labute approximate surface area is 84.1 Å². The van der Waals surface area contributed by atoms with Gasteiger partial charge in [0.25, 0.3) is 0 Å². The van der Waals surface area contributed by atoms with Crippen molar-refractivity contribution in [3.63, 3.8) is 0 Å². The number of hydrogen-bond donors (Lipinski definition) is 0. The van der Waals surface area contributed by atoms with E-state index in [9.17, 15) is 0 Å². The molecule has 0 aromatic carbocycles. The summed E-state index contributed by atoms with van der Waals surface area (Å²) in [7, 11) is 10.4. The molecule has 6 heteroatoms. The standard InChI is InChI=1S/2CH3.2Al.2BrH.2ClH.H/h2*1H3;;;4*1H;/q;;2*+2;;;;;/p-4. The van der Waals surface area contributed by atoms with Crippen LogP contribution in [0.1, 0.15) is 0 Å². The van der Waals surface area contributed by atoms with E-state index in [1.54, 1.807) is 0 Å². The number of rotatable bonds is 0. The van der Waals surface area contributed by atoms with Gasteiger partial charge in [-0.3, -0.25) is 0 Å². The second kappa shape index (κ2) is 16.3. The summed E-state index contributed by atoms with van der Waals surface area (Å²) in [6.07, 6.45) is 0. The van der Waals surface area contributed by atoms with Gasteiger partial charge in [-0.1, -0.05) is 13.2 Å². The van der Waals surface area contributed by atoms with Crippen molar-refractivity contribution in [1.82, 2.24) is 0 Å². The average Bonchev–Trinajstić information content (AvgIpc) is 1.33. The fourth-order valence-electron chi connectivity index (χ4n) is 0. The maximum atomic E-state index is 5.18. The van der Waals surface area contributed by atoms with E-state index in [1.165, 1.54) is 0 Å². The van der Waals surface area contributed by atoms with Gasteiger partial charge in [0.15, 0.2) is 0 Å². The summed E-state index contributed by atoms with van der Waals surface area (Å²) in [5, 5.41) is 0. The highest BCUT2D eigenvalue weighted by Crippen LogP contribution is 1.89. The predicted octanol–water partition coefficient (Wildman–Crippen LogP) is 3.07. The van der Waals surface area contributed by atoms with Gasteiger partial charge in [-0.25, -0.2) is 48.2 Å². The van der Waals surface area contributed by atoms with Crippen molar-refractivity contribution >= 4 is 72.1 Å². The minimum Gasteiger partial charge on any atom is -0.234 e. The van der Waals surface area contributed by atoms with Crippen LogP contribution in [0.5, 0.6) is 0 Å². The number of halogens is 4. The topological polar surface area (TPSA) is 0 Å². The molecule has 0 aliphatic heterocycles. The molecule has 0 bridgehead atoms.